The Labute approximate surface area is 103 Å². The largest absolute Gasteiger partial charge is 0.444 e. The average Bonchev–Trinajstić information content (AvgIpc) is 2.15. The van der Waals surface area contributed by atoms with Crippen LogP contribution in [0.4, 0.5) is 4.79 Å². The zero-order chi connectivity index (χ0) is 11.5. The Morgan fingerprint density at radius 2 is 1.81 bits per heavy atom. The minimum absolute atomic E-state index is 0. The van der Waals surface area contributed by atoms with E-state index in [0.717, 1.165) is 12.8 Å². The Hall–Kier alpha value is -0.520. The van der Waals surface area contributed by atoms with Gasteiger partial charge in [0.05, 0.1) is 6.10 Å². The van der Waals surface area contributed by atoms with Gasteiger partial charge in [0.2, 0.25) is 0 Å². The summed E-state index contributed by atoms with van der Waals surface area (Å²) in [6, 6.07) is 0. The van der Waals surface area contributed by atoms with Gasteiger partial charge in [-0.3, -0.25) is 0 Å². The molecule has 1 saturated heterocycles. The number of nitrogens with two attached hydrogens (primary N) is 1. The number of carbonyl (C=O) groups is 1. The smallest absolute Gasteiger partial charge is 0.410 e. The molecule has 0 bridgehead atoms. The SMILES string of the molecule is CC(C)(C)OC(=O)N1CCC(ON)CC1.Cl. The first-order valence-corrected chi connectivity index (χ1v) is 5.26. The summed E-state index contributed by atoms with van der Waals surface area (Å²) in [5.74, 6) is 5.09. The summed E-state index contributed by atoms with van der Waals surface area (Å²) in [5.41, 5.74) is -0.432. The molecule has 1 heterocycles. The van der Waals surface area contributed by atoms with E-state index in [1.165, 1.54) is 0 Å². The van der Waals surface area contributed by atoms with E-state index in [-0.39, 0.29) is 24.6 Å². The zero-order valence-electron chi connectivity index (χ0n) is 10.1. The maximum absolute atomic E-state index is 11.6. The molecule has 1 aliphatic rings. The number of likely N-dealkylation sites (tertiary alicyclic amines) is 1. The van der Waals surface area contributed by atoms with Crippen LogP contribution in [0.2, 0.25) is 0 Å². The number of hydrogen-bond donors (Lipinski definition) is 1. The van der Waals surface area contributed by atoms with Gasteiger partial charge in [-0.05, 0) is 33.6 Å². The van der Waals surface area contributed by atoms with Crippen LogP contribution in [0.25, 0.3) is 0 Å². The molecule has 5 nitrogen and oxygen atoms in total. The highest BCUT2D eigenvalue weighted by Gasteiger charge is 2.26. The van der Waals surface area contributed by atoms with Crippen LogP contribution < -0.4 is 5.90 Å². The molecule has 0 aromatic heterocycles. The molecule has 0 aromatic carbocycles. The zero-order valence-corrected chi connectivity index (χ0v) is 10.9. The second-order valence-electron chi connectivity index (χ2n) is 4.80. The third-order valence-electron chi connectivity index (χ3n) is 2.29. The second-order valence-corrected chi connectivity index (χ2v) is 4.80. The Kier molecular flexibility index (Phi) is 6.07. The summed E-state index contributed by atoms with van der Waals surface area (Å²) < 4.78 is 5.26. The second kappa shape index (κ2) is 6.27. The predicted octanol–water partition coefficient (Wildman–Crippen LogP) is 1.70. The molecule has 16 heavy (non-hydrogen) atoms. The number of carbonyl (C=O) groups excluding carboxylic acids is 1. The van der Waals surface area contributed by atoms with Crippen molar-refractivity contribution in [1.82, 2.24) is 4.90 Å². The van der Waals surface area contributed by atoms with Crippen molar-refractivity contribution in [2.75, 3.05) is 13.1 Å². The maximum Gasteiger partial charge on any atom is 0.410 e. The Morgan fingerprint density at radius 1 is 1.31 bits per heavy atom. The molecule has 0 aromatic rings. The standard InChI is InChI=1S/C10H20N2O3.ClH/c1-10(2,3)14-9(13)12-6-4-8(15-11)5-7-12;/h8H,4-7,11H2,1-3H3;1H. The molecule has 2 N–H and O–H groups in total. The fourth-order valence-corrected chi connectivity index (χ4v) is 1.50. The molecule has 0 atom stereocenters. The summed E-state index contributed by atoms with van der Waals surface area (Å²) in [6.45, 7) is 6.88. The van der Waals surface area contributed by atoms with Gasteiger partial charge in [0, 0.05) is 13.1 Å². The highest BCUT2D eigenvalue weighted by atomic mass is 35.5. The van der Waals surface area contributed by atoms with E-state index in [4.69, 9.17) is 15.5 Å². The molecule has 0 unspecified atom stereocenters. The third kappa shape index (κ3) is 5.01. The first kappa shape index (κ1) is 15.5. The van der Waals surface area contributed by atoms with Crippen molar-refractivity contribution in [3.8, 4) is 0 Å². The van der Waals surface area contributed by atoms with Gasteiger partial charge in [0.25, 0.3) is 0 Å². The molecule has 1 amide bonds. The van der Waals surface area contributed by atoms with Crippen LogP contribution >= 0.6 is 12.4 Å². The monoisotopic (exact) mass is 252 g/mol. The Bertz CT molecular complexity index is 223. The predicted molar refractivity (Wildman–Crippen MR) is 63.3 cm³/mol. The van der Waals surface area contributed by atoms with Gasteiger partial charge in [-0.15, -0.1) is 12.4 Å². The van der Waals surface area contributed by atoms with Crippen molar-refractivity contribution in [1.29, 1.82) is 0 Å². The summed E-state index contributed by atoms with van der Waals surface area (Å²) >= 11 is 0. The molecule has 1 fully saturated rings. The van der Waals surface area contributed by atoms with E-state index >= 15 is 0 Å². The highest BCUT2D eigenvalue weighted by molar-refractivity contribution is 5.85. The van der Waals surface area contributed by atoms with Crippen molar-refractivity contribution in [2.24, 2.45) is 5.90 Å². The molecular formula is C10H21ClN2O3. The molecular weight excluding hydrogens is 232 g/mol. The van der Waals surface area contributed by atoms with E-state index in [1.807, 2.05) is 20.8 Å². The van der Waals surface area contributed by atoms with Crippen molar-refractivity contribution < 1.29 is 14.4 Å². The summed E-state index contributed by atoms with van der Waals surface area (Å²) in [7, 11) is 0. The fourth-order valence-electron chi connectivity index (χ4n) is 1.50. The van der Waals surface area contributed by atoms with Crippen molar-refractivity contribution >= 4 is 18.5 Å². The van der Waals surface area contributed by atoms with E-state index < -0.39 is 5.60 Å². The highest BCUT2D eigenvalue weighted by Crippen LogP contribution is 2.16. The third-order valence-corrected chi connectivity index (χ3v) is 2.29. The van der Waals surface area contributed by atoms with Crippen molar-refractivity contribution in [3.05, 3.63) is 0 Å². The number of amides is 1. The topological polar surface area (TPSA) is 64.8 Å². The molecule has 96 valence electrons. The fraction of sp³-hybridized carbons (Fsp3) is 0.900. The molecule has 1 rings (SSSR count). The summed E-state index contributed by atoms with van der Waals surface area (Å²) in [6.07, 6.45) is 1.37. The van der Waals surface area contributed by atoms with Gasteiger partial charge in [-0.1, -0.05) is 0 Å². The quantitative estimate of drug-likeness (QED) is 0.722. The van der Waals surface area contributed by atoms with Crippen LogP contribution in [0.3, 0.4) is 0 Å². The lowest BCUT2D eigenvalue weighted by molar-refractivity contribution is -0.0121. The van der Waals surface area contributed by atoms with E-state index in [2.05, 4.69) is 0 Å². The Morgan fingerprint density at radius 3 is 2.19 bits per heavy atom. The molecule has 1 aliphatic heterocycles. The Balaban J connectivity index is 0.00000225. The van der Waals surface area contributed by atoms with Gasteiger partial charge >= 0.3 is 6.09 Å². The summed E-state index contributed by atoms with van der Waals surface area (Å²) in [5, 5.41) is 0. The summed E-state index contributed by atoms with van der Waals surface area (Å²) in [4.78, 5) is 18.1. The lowest BCUT2D eigenvalue weighted by Crippen LogP contribution is -2.43. The van der Waals surface area contributed by atoms with Crippen LogP contribution in [-0.2, 0) is 9.57 Å². The normalized spacial score (nSPS) is 17.9. The first-order chi connectivity index (χ1) is 6.92. The minimum atomic E-state index is -0.432. The molecule has 6 heteroatoms. The van der Waals surface area contributed by atoms with E-state index in [0.29, 0.717) is 13.1 Å². The molecule has 0 aliphatic carbocycles. The first-order valence-electron chi connectivity index (χ1n) is 5.26. The maximum atomic E-state index is 11.6. The number of rotatable bonds is 1. The number of halogens is 1. The van der Waals surface area contributed by atoms with Crippen molar-refractivity contribution in [2.45, 2.75) is 45.3 Å². The lowest BCUT2D eigenvalue weighted by atomic mass is 10.1. The van der Waals surface area contributed by atoms with E-state index in [9.17, 15) is 4.79 Å². The van der Waals surface area contributed by atoms with E-state index in [1.54, 1.807) is 4.90 Å². The number of piperidine rings is 1. The van der Waals surface area contributed by atoms with Gasteiger partial charge in [0.15, 0.2) is 0 Å². The van der Waals surface area contributed by atoms with Crippen LogP contribution in [0.1, 0.15) is 33.6 Å². The van der Waals surface area contributed by atoms with Crippen LogP contribution in [0.15, 0.2) is 0 Å². The average molecular weight is 253 g/mol. The number of nitrogens with zero attached hydrogens (tertiary/aromatic N) is 1. The van der Waals surface area contributed by atoms with Gasteiger partial charge in [-0.25, -0.2) is 10.7 Å². The number of hydrogen-bond acceptors (Lipinski definition) is 4. The lowest BCUT2D eigenvalue weighted by Gasteiger charge is -2.32. The van der Waals surface area contributed by atoms with Gasteiger partial charge in [0.1, 0.15) is 5.60 Å². The van der Waals surface area contributed by atoms with Crippen LogP contribution in [0.5, 0.6) is 0 Å². The molecule has 0 spiro atoms. The van der Waals surface area contributed by atoms with Gasteiger partial charge in [-0.2, -0.15) is 0 Å². The van der Waals surface area contributed by atoms with Crippen LogP contribution in [-0.4, -0.2) is 35.8 Å². The number of ether oxygens (including phenoxy) is 1. The van der Waals surface area contributed by atoms with Gasteiger partial charge < -0.3 is 14.5 Å². The van der Waals surface area contributed by atoms with Crippen molar-refractivity contribution in [3.63, 3.8) is 0 Å². The molecule has 0 saturated carbocycles. The van der Waals surface area contributed by atoms with Crippen LogP contribution in [0, 0.1) is 0 Å². The molecule has 0 radical (unpaired) electrons. The minimum Gasteiger partial charge on any atom is -0.444 e.